The standard InChI is InChI=1S/C27H32F2N6O4/c1-16(25(36)37)34-14-17(20-4-2-5-21(28)23(20)29)7-8-18(15-34)31-26(38)33-12-9-19(10-13-33)35-22-6-3-11-30-24(22)32-27(35)39/h2-6,11,16-19H,7-10,12-15H2,1H3,(H,31,38)(H,36,37)(H,30,32,39)/t16?,17-,18-/m1/s1. The molecule has 12 heteroatoms. The van der Waals surface area contributed by atoms with E-state index in [1.54, 1.807) is 33.6 Å². The van der Waals surface area contributed by atoms with Gasteiger partial charge in [0.05, 0.1) is 5.52 Å². The average molecular weight is 543 g/mol. The third-order valence-electron chi connectivity index (χ3n) is 8.03. The topological polar surface area (TPSA) is 124 Å². The Labute approximate surface area is 223 Å². The van der Waals surface area contributed by atoms with Gasteiger partial charge in [0.25, 0.3) is 0 Å². The third-order valence-corrected chi connectivity index (χ3v) is 8.03. The quantitative estimate of drug-likeness (QED) is 0.455. The number of nitrogens with zero attached hydrogens (tertiary/aromatic N) is 4. The van der Waals surface area contributed by atoms with Crippen LogP contribution in [0, 0.1) is 11.6 Å². The number of likely N-dealkylation sites (tertiary alicyclic amines) is 2. The Bertz CT molecular complexity index is 1420. The molecule has 2 fully saturated rings. The van der Waals surface area contributed by atoms with Crippen molar-refractivity contribution in [3.8, 4) is 0 Å². The van der Waals surface area contributed by atoms with Crippen LogP contribution in [0.25, 0.3) is 11.2 Å². The molecule has 0 saturated carbocycles. The van der Waals surface area contributed by atoms with E-state index in [2.05, 4.69) is 15.3 Å². The van der Waals surface area contributed by atoms with E-state index in [9.17, 15) is 28.3 Å². The molecule has 10 nitrogen and oxygen atoms in total. The Morgan fingerprint density at radius 3 is 2.62 bits per heavy atom. The van der Waals surface area contributed by atoms with Crippen LogP contribution in [-0.4, -0.2) is 79.7 Å². The molecule has 2 aliphatic heterocycles. The second kappa shape index (κ2) is 11.1. The van der Waals surface area contributed by atoms with Gasteiger partial charge in [-0.3, -0.25) is 19.2 Å². The zero-order valence-electron chi connectivity index (χ0n) is 21.6. The van der Waals surface area contributed by atoms with Crippen LogP contribution in [0.5, 0.6) is 0 Å². The molecule has 0 bridgehead atoms. The number of aromatic nitrogens is 3. The number of imidazole rings is 1. The van der Waals surface area contributed by atoms with E-state index < -0.39 is 29.6 Å². The highest BCUT2D eigenvalue weighted by molar-refractivity contribution is 5.75. The molecule has 1 unspecified atom stereocenters. The summed E-state index contributed by atoms with van der Waals surface area (Å²) in [5.41, 5.74) is 1.27. The highest BCUT2D eigenvalue weighted by Crippen LogP contribution is 2.31. The van der Waals surface area contributed by atoms with Gasteiger partial charge in [0.1, 0.15) is 6.04 Å². The van der Waals surface area contributed by atoms with E-state index in [1.165, 1.54) is 12.1 Å². The summed E-state index contributed by atoms with van der Waals surface area (Å²) in [4.78, 5) is 47.9. The van der Waals surface area contributed by atoms with E-state index in [0.29, 0.717) is 44.4 Å². The summed E-state index contributed by atoms with van der Waals surface area (Å²) < 4.78 is 30.2. The van der Waals surface area contributed by atoms with E-state index in [-0.39, 0.29) is 42.5 Å². The van der Waals surface area contributed by atoms with Crippen LogP contribution in [0.4, 0.5) is 13.6 Å². The van der Waals surface area contributed by atoms with Gasteiger partial charge < -0.3 is 15.3 Å². The number of hydrogen-bond acceptors (Lipinski definition) is 5. The first kappa shape index (κ1) is 26.8. The highest BCUT2D eigenvalue weighted by Gasteiger charge is 2.34. The number of carboxylic acid groups (broad SMARTS) is 1. The van der Waals surface area contributed by atoms with Crippen LogP contribution in [0.15, 0.2) is 41.3 Å². The maximum Gasteiger partial charge on any atom is 0.327 e. The van der Waals surface area contributed by atoms with Crippen LogP contribution < -0.4 is 11.0 Å². The molecular weight excluding hydrogens is 510 g/mol. The molecule has 0 radical (unpaired) electrons. The molecule has 3 atom stereocenters. The molecular formula is C27H32F2N6O4. The largest absolute Gasteiger partial charge is 0.480 e. The Morgan fingerprint density at radius 2 is 1.87 bits per heavy atom. The fraction of sp³-hybridized carbons (Fsp3) is 0.481. The first-order valence-electron chi connectivity index (χ1n) is 13.2. The summed E-state index contributed by atoms with van der Waals surface area (Å²) >= 11 is 0. The summed E-state index contributed by atoms with van der Waals surface area (Å²) in [7, 11) is 0. The van der Waals surface area contributed by atoms with Crippen molar-refractivity contribution in [1.82, 2.24) is 29.7 Å². The summed E-state index contributed by atoms with van der Waals surface area (Å²) in [5, 5.41) is 12.7. The number of carbonyl (C=O) groups excluding carboxylic acids is 1. The van der Waals surface area contributed by atoms with E-state index in [1.807, 2.05) is 6.07 Å². The van der Waals surface area contributed by atoms with Crippen molar-refractivity contribution in [1.29, 1.82) is 0 Å². The zero-order chi connectivity index (χ0) is 27.7. The molecule has 5 rings (SSSR count). The first-order valence-corrected chi connectivity index (χ1v) is 13.2. The summed E-state index contributed by atoms with van der Waals surface area (Å²) in [5.74, 6) is -3.29. The van der Waals surface area contributed by atoms with Crippen molar-refractivity contribution in [3.63, 3.8) is 0 Å². The van der Waals surface area contributed by atoms with Gasteiger partial charge in [0, 0.05) is 44.5 Å². The number of urea groups is 1. The van der Waals surface area contributed by atoms with Crippen molar-refractivity contribution in [2.24, 2.45) is 0 Å². The molecule has 0 spiro atoms. The Morgan fingerprint density at radius 1 is 1.10 bits per heavy atom. The second-order valence-corrected chi connectivity index (χ2v) is 10.4. The molecule has 2 aromatic heterocycles. The van der Waals surface area contributed by atoms with E-state index >= 15 is 0 Å². The number of nitrogens with one attached hydrogen (secondary N) is 2. The van der Waals surface area contributed by atoms with Crippen molar-refractivity contribution < 1.29 is 23.5 Å². The van der Waals surface area contributed by atoms with Gasteiger partial charge in [-0.25, -0.2) is 23.4 Å². The van der Waals surface area contributed by atoms with Crippen LogP contribution in [-0.2, 0) is 4.79 Å². The lowest BCUT2D eigenvalue weighted by atomic mass is 9.93. The number of pyridine rings is 1. The number of hydrogen-bond donors (Lipinski definition) is 3. The van der Waals surface area contributed by atoms with E-state index in [4.69, 9.17) is 0 Å². The van der Waals surface area contributed by atoms with Gasteiger partial charge in [0.15, 0.2) is 17.3 Å². The Balaban J connectivity index is 1.25. The van der Waals surface area contributed by atoms with Crippen LogP contribution in [0.3, 0.4) is 0 Å². The van der Waals surface area contributed by atoms with Gasteiger partial charge in [0.2, 0.25) is 0 Å². The van der Waals surface area contributed by atoms with Crippen LogP contribution in [0.1, 0.15) is 50.1 Å². The summed E-state index contributed by atoms with van der Waals surface area (Å²) in [6.07, 6.45) is 3.78. The molecule has 0 aliphatic carbocycles. The number of rotatable bonds is 5. The molecule has 4 heterocycles. The molecule has 1 aromatic carbocycles. The molecule has 208 valence electrons. The smallest absolute Gasteiger partial charge is 0.327 e. The minimum atomic E-state index is -1.02. The van der Waals surface area contributed by atoms with Gasteiger partial charge in [-0.05, 0) is 62.3 Å². The minimum Gasteiger partial charge on any atom is -0.480 e. The van der Waals surface area contributed by atoms with Crippen molar-refractivity contribution in [2.75, 3.05) is 26.2 Å². The SMILES string of the molecule is CC(C(=O)O)N1C[C@H](NC(=O)N2CCC(n3c(=O)[nH]c4ncccc43)CC2)CC[C@@H](c2cccc(F)c2F)C1. The predicted octanol–water partition coefficient (Wildman–Crippen LogP) is 3.07. The lowest BCUT2D eigenvalue weighted by Crippen LogP contribution is -2.52. The number of amides is 2. The van der Waals surface area contributed by atoms with Crippen LogP contribution >= 0.6 is 0 Å². The number of aromatic amines is 1. The number of piperidine rings is 1. The fourth-order valence-electron chi connectivity index (χ4n) is 5.82. The normalized spacial score (nSPS) is 22.0. The number of halogens is 2. The second-order valence-electron chi connectivity index (χ2n) is 10.4. The summed E-state index contributed by atoms with van der Waals surface area (Å²) in [6.45, 7) is 2.98. The van der Waals surface area contributed by atoms with Crippen LogP contribution in [0.2, 0.25) is 0 Å². The van der Waals surface area contributed by atoms with Crippen molar-refractivity contribution >= 4 is 23.2 Å². The molecule has 2 aliphatic rings. The Hall–Kier alpha value is -3.80. The van der Waals surface area contributed by atoms with Gasteiger partial charge in [-0.1, -0.05) is 12.1 Å². The first-order chi connectivity index (χ1) is 18.7. The number of benzene rings is 1. The molecule has 39 heavy (non-hydrogen) atoms. The van der Waals surface area contributed by atoms with E-state index in [0.717, 1.165) is 11.6 Å². The minimum absolute atomic E-state index is 0.0637. The monoisotopic (exact) mass is 542 g/mol. The Kier molecular flexibility index (Phi) is 7.65. The highest BCUT2D eigenvalue weighted by atomic mass is 19.2. The van der Waals surface area contributed by atoms with Crippen molar-refractivity contribution in [2.45, 2.75) is 56.7 Å². The average Bonchev–Trinajstić information content (AvgIpc) is 3.12. The molecule has 2 saturated heterocycles. The molecule has 2 amide bonds. The number of carbonyl (C=O) groups is 2. The predicted molar refractivity (Wildman–Crippen MR) is 140 cm³/mol. The maximum absolute atomic E-state index is 14.6. The maximum atomic E-state index is 14.6. The summed E-state index contributed by atoms with van der Waals surface area (Å²) in [6, 6.07) is 6.13. The van der Waals surface area contributed by atoms with Crippen molar-refractivity contribution in [3.05, 3.63) is 64.2 Å². The number of aliphatic carboxylic acids is 1. The third kappa shape index (κ3) is 5.51. The fourth-order valence-corrected chi connectivity index (χ4v) is 5.82. The number of carboxylic acids is 1. The number of H-pyrrole nitrogens is 1. The number of fused-ring (bicyclic) bond motifs is 1. The lowest BCUT2D eigenvalue weighted by Gasteiger charge is -2.34. The van der Waals surface area contributed by atoms with Gasteiger partial charge in [-0.2, -0.15) is 0 Å². The molecule has 3 N–H and O–H groups in total. The zero-order valence-corrected chi connectivity index (χ0v) is 21.6. The van der Waals surface area contributed by atoms with Gasteiger partial charge >= 0.3 is 17.7 Å². The molecule has 3 aromatic rings. The van der Waals surface area contributed by atoms with Gasteiger partial charge in [-0.15, -0.1) is 0 Å². The lowest BCUT2D eigenvalue weighted by molar-refractivity contribution is -0.142.